The number of furan rings is 1. The molecule has 3 aromatic rings. The predicted octanol–water partition coefficient (Wildman–Crippen LogP) is 3.34. The van der Waals surface area contributed by atoms with E-state index in [4.69, 9.17) is 24.4 Å². The first kappa shape index (κ1) is 12.9. The highest BCUT2D eigenvalue weighted by Gasteiger charge is 2.20. The smallest absolute Gasteiger partial charge is 0.231 e. The third kappa shape index (κ3) is 2.02. The second-order valence-electron chi connectivity index (χ2n) is 5.18. The van der Waals surface area contributed by atoms with Gasteiger partial charge in [0, 0.05) is 11.8 Å². The highest BCUT2D eigenvalue weighted by molar-refractivity contribution is 5.87. The monoisotopic (exact) mass is 297 g/mol. The first-order valence-electron chi connectivity index (χ1n) is 6.98. The molecule has 0 radical (unpaired) electrons. The summed E-state index contributed by atoms with van der Waals surface area (Å²) in [6.07, 6.45) is 0.651. The van der Waals surface area contributed by atoms with Crippen molar-refractivity contribution >= 4 is 16.7 Å². The van der Waals surface area contributed by atoms with Gasteiger partial charge in [-0.15, -0.1) is 0 Å². The fraction of sp³-hybridized carbons (Fsp3) is 0.176. The molecule has 5 heteroatoms. The van der Waals surface area contributed by atoms with Crippen LogP contribution in [0, 0.1) is 0 Å². The van der Waals surface area contributed by atoms with Crippen LogP contribution in [0.15, 0.2) is 40.8 Å². The highest BCUT2D eigenvalue weighted by atomic mass is 16.7. The standard InChI is InChI=1S/C17H15NO4/c1-19-14-4-2-10(7-13(14)18)6-12-8-11-3-5-15-17(16(11)22-12)21-9-20-15/h2-5,7-8H,6,9,18H2,1H3. The SMILES string of the molecule is COc1ccc(Cc2cc3ccc4c(c3o2)OCO4)cc1N. The van der Waals surface area contributed by atoms with E-state index >= 15 is 0 Å². The zero-order valence-electron chi connectivity index (χ0n) is 12.1. The fourth-order valence-electron chi connectivity index (χ4n) is 2.70. The van der Waals surface area contributed by atoms with E-state index in [9.17, 15) is 0 Å². The van der Waals surface area contributed by atoms with Crippen LogP contribution in [0.3, 0.4) is 0 Å². The number of methoxy groups -OCH3 is 1. The molecule has 4 rings (SSSR count). The fourth-order valence-corrected chi connectivity index (χ4v) is 2.70. The Balaban J connectivity index is 1.69. The zero-order valence-corrected chi connectivity index (χ0v) is 12.1. The first-order valence-corrected chi connectivity index (χ1v) is 6.98. The molecule has 0 bridgehead atoms. The summed E-state index contributed by atoms with van der Waals surface area (Å²) in [6.45, 7) is 0.236. The molecule has 22 heavy (non-hydrogen) atoms. The Kier molecular flexibility index (Phi) is 2.85. The second kappa shape index (κ2) is 4.87. The van der Waals surface area contributed by atoms with Gasteiger partial charge >= 0.3 is 0 Å². The van der Waals surface area contributed by atoms with Crippen molar-refractivity contribution in [2.45, 2.75) is 6.42 Å². The minimum Gasteiger partial charge on any atom is -0.495 e. The van der Waals surface area contributed by atoms with E-state index in [2.05, 4.69) is 0 Å². The lowest BCUT2D eigenvalue weighted by molar-refractivity contribution is 0.174. The molecule has 0 unspecified atom stereocenters. The van der Waals surface area contributed by atoms with E-state index < -0.39 is 0 Å². The lowest BCUT2D eigenvalue weighted by Gasteiger charge is -2.06. The van der Waals surface area contributed by atoms with Crippen LogP contribution in [0.4, 0.5) is 5.69 Å². The second-order valence-corrected chi connectivity index (χ2v) is 5.18. The van der Waals surface area contributed by atoms with Gasteiger partial charge in [-0.05, 0) is 35.9 Å². The molecule has 2 heterocycles. The number of fused-ring (bicyclic) bond motifs is 3. The number of rotatable bonds is 3. The summed E-state index contributed by atoms with van der Waals surface area (Å²) < 4.78 is 21.9. The summed E-state index contributed by atoms with van der Waals surface area (Å²) in [6, 6.07) is 11.6. The van der Waals surface area contributed by atoms with Gasteiger partial charge in [0.1, 0.15) is 11.5 Å². The van der Waals surface area contributed by atoms with Crippen molar-refractivity contribution in [1.82, 2.24) is 0 Å². The number of benzene rings is 2. The Morgan fingerprint density at radius 1 is 1.14 bits per heavy atom. The van der Waals surface area contributed by atoms with Crippen LogP contribution in [0.25, 0.3) is 11.0 Å². The van der Waals surface area contributed by atoms with Gasteiger partial charge in [0.2, 0.25) is 12.5 Å². The van der Waals surface area contributed by atoms with Gasteiger partial charge in [0.25, 0.3) is 0 Å². The largest absolute Gasteiger partial charge is 0.495 e. The van der Waals surface area contributed by atoms with Gasteiger partial charge in [-0.3, -0.25) is 0 Å². The Hall–Kier alpha value is -2.82. The molecule has 1 aliphatic rings. The molecule has 112 valence electrons. The van der Waals surface area contributed by atoms with Crippen LogP contribution in [-0.2, 0) is 6.42 Å². The van der Waals surface area contributed by atoms with Gasteiger partial charge in [-0.2, -0.15) is 0 Å². The van der Waals surface area contributed by atoms with Crippen molar-refractivity contribution < 1.29 is 18.6 Å². The Labute approximate surface area is 127 Å². The van der Waals surface area contributed by atoms with Gasteiger partial charge < -0.3 is 24.4 Å². The van der Waals surface area contributed by atoms with E-state index in [1.165, 1.54) is 0 Å². The van der Waals surface area contributed by atoms with Gasteiger partial charge in [-0.25, -0.2) is 0 Å². The topological polar surface area (TPSA) is 66.8 Å². The molecule has 0 amide bonds. The number of nitrogens with two attached hydrogens (primary N) is 1. The maximum atomic E-state index is 5.94. The van der Waals surface area contributed by atoms with Crippen molar-refractivity contribution in [2.75, 3.05) is 19.6 Å². The maximum absolute atomic E-state index is 5.94. The van der Waals surface area contributed by atoms with Crippen molar-refractivity contribution in [1.29, 1.82) is 0 Å². The van der Waals surface area contributed by atoms with E-state index in [0.717, 1.165) is 28.0 Å². The lowest BCUT2D eigenvalue weighted by Crippen LogP contribution is -1.94. The van der Waals surface area contributed by atoms with Crippen molar-refractivity contribution in [3.63, 3.8) is 0 Å². The average molecular weight is 297 g/mol. The van der Waals surface area contributed by atoms with Gasteiger partial charge in [-0.1, -0.05) is 6.07 Å². The number of ether oxygens (including phenoxy) is 3. The van der Waals surface area contributed by atoms with Gasteiger partial charge in [0.05, 0.1) is 12.8 Å². The zero-order chi connectivity index (χ0) is 15.1. The summed E-state index contributed by atoms with van der Waals surface area (Å²) in [7, 11) is 1.60. The lowest BCUT2D eigenvalue weighted by atomic mass is 10.1. The van der Waals surface area contributed by atoms with Crippen molar-refractivity contribution in [2.24, 2.45) is 0 Å². The molecule has 1 aromatic heterocycles. The molecule has 0 atom stereocenters. The van der Waals surface area contributed by atoms with Crippen LogP contribution < -0.4 is 19.9 Å². The molecule has 0 fully saturated rings. The van der Waals surface area contributed by atoms with Crippen LogP contribution in [0.5, 0.6) is 17.2 Å². The first-order chi connectivity index (χ1) is 10.7. The highest BCUT2D eigenvalue weighted by Crippen LogP contribution is 2.40. The van der Waals surface area contributed by atoms with Crippen LogP contribution in [0.1, 0.15) is 11.3 Å². The van der Waals surface area contributed by atoms with Crippen molar-refractivity contribution in [3.8, 4) is 17.2 Å². The molecule has 0 aliphatic carbocycles. The molecule has 0 spiro atoms. The summed E-state index contributed by atoms with van der Waals surface area (Å²) >= 11 is 0. The third-order valence-electron chi connectivity index (χ3n) is 3.75. The molecular weight excluding hydrogens is 282 g/mol. The van der Waals surface area contributed by atoms with Crippen molar-refractivity contribution in [3.05, 3.63) is 47.7 Å². The molecule has 2 aromatic carbocycles. The van der Waals surface area contributed by atoms with Crippen LogP contribution in [0.2, 0.25) is 0 Å². The molecular formula is C17H15NO4. The van der Waals surface area contributed by atoms with E-state index in [-0.39, 0.29) is 6.79 Å². The van der Waals surface area contributed by atoms with E-state index in [1.54, 1.807) is 7.11 Å². The minimum absolute atomic E-state index is 0.236. The van der Waals surface area contributed by atoms with Gasteiger partial charge in [0.15, 0.2) is 11.3 Å². The molecule has 5 nitrogen and oxygen atoms in total. The van der Waals surface area contributed by atoms with E-state index in [1.807, 2.05) is 36.4 Å². The molecule has 2 N–H and O–H groups in total. The normalized spacial score (nSPS) is 12.8. The number of anilines is 1. The van der Waals surface area contributed by atoms with Crippen LogP contribution >= 0.6 is 0 Å². The summed E-state index contributed by atoms with van der Waals surface area (Å²) in [4.78, 5) is 0. The summed E-state index contributed by atoms with van der Waals surface area (Å²) in [5.74, 6) is 2.93. The van der Waals surface area contributed by atoms with Crippen LogP contribution in [-0.4, -0.2) is 13.9 Å². The minimum atomic E-state index is 0.236. The average Bonchev–Trinajstić information content (AvgIpc) is 3.12. The molecule has 0 saturated carbocycles. The molecule has 1 aliphatic heterocycles. The number of nitrogen functional groups attached to an aromatic ring is 1. The van der Waals surface area contributed by atoms with E-state index in [0.29, 0.717) is 23.6 Å². The number of hydrogen-bond donors (Lipinski definition) is 1. The Morgan fingerprint density at radius 2 is 2.05 bits per heavy atom. The summed E-state index contributed by atoms with van der Waals surface area (Å²) in [5.41, 5.74) is 8.35. The Morgan fingerprint density at radius 3 is 2.86 bits per heavy atom. The maximum Gasteiger partial charge on any atom is 0.231 e. The quantitative estimate of drug-likeness (QED) is 0.751. The third-order valence-corrected chi connectivity index (χ3v) is 3.75. The molecule has 0 saturated heterocycles. The predicted molar refractivity (Wildman–Crippen MR) is 82.5 cm³/mol. The Bertz CT molecular complexity index is 853. The number of hydrogen-bond acceptors (Lipinski definition) is 5. The summed E-state index contributed by atoms with van der Waals surface area (Å²) in [5, 5.41) is 1.00.